The molecule has 2 fully saturated rings. The third kappa shape index (κ3) is 5.01. The molecular weight excluding hydrogens is 248 g/mol. The molecule has 0 saturated carbocycles. The average Bonchev–Trinajstić information content (AvgIpc) is 2.38. The van der Waals surface area contributed by atoms with Crippen molar-refractivity contribution in [3.63, 3.8) is 0 Å². The molecule has 2 heterocycles. The smallest absolute Gasteiger partial charge is 0.0599 e. The lowest BCUT2D eigenvalue weighted by atomic mass is 9.99. The number of hydrogen-bond acceptors (Lipinski definition) is 3. The highest BCUT2D eigenvalue weighted by Crippen LogP contribution is 2.21. The number of hydrogen-bond donors (Lipinski definition) is 0. The second-order valence-electron chi connectivity index (χ2n) is 7.00. The lowest BCUT2D eigenvalue weighted by molar-refractivity contribution is -0.0496. The highest BCUT2D eigenvalue weighted by Gasteiger charge is 2.29. The van der Waals surface area contributed by atoms with E-state index < -0.39 is 0 Å². The number of ether oxygens (including phenoxy) is 1. The number of unbranched alkanes of at least 4 members (excludes halogenated alkanes) is 2. The summed E-state index contributed by atoms with van der Waals surface area (Å²) in [6.07, 6.45) is 7.10. The van der Waals surface area contributed by atoms with Crippen molar-refractivity contribution in [3.8, 4) is 0 Å². The Labute approximate surface area is 125 Å². The summed E-state index contributed by atoms with van der Waals surface area (Å²) in [4.78, 5) is 5.16. The van der Waals surface area contributed by atoms with E-state index in [9.17, 15) is 0 Å². The van der Waals surface area contributed by atoms with E-state index in [4.69, 9.17) is 4.74 Å². The standard InChI is InChI=1S/C17H34N2O/c1-4-5-6-9-18-10-7-17(8-11-18)20-14-16-12-19(13-16)15(2)3/h15-17H,4-14H2,1-3H3. The molecule has 0 aromatic carbocycles. The van der Waals surface area contributed by atoms with Gasteiger partial charge in [0.25, 0.3) is 0 Å². The molecule has 2 aliphatic rings. The van der Waals surface area contributed by atoms with Crippen LogP contribution in [0.4, 0.5) is 0 Å². The van der Waals surface area contributed by atoms with E-state index >= 15 is 0 Å². The zero-order chi connectivity index (χ0) is 14.4. The molecular formula is C17H34N2O. The molecule has 0 aromatic heterocycles. The summed E-state index contributed by atoms with van der Waals surface area (Å²) >= 11 is 0. The van der Waals surface area contributed by atoms with E-state index in [-0.39, 0.29) is 0 Å². The van der Waals surface area contributed by atoms with Crippen LogP contribution in [0.1, 0.15) is 52.9 Å². The zero-order valence-electron chi connectivity index (χ0n) is 13.8. The van der Waals surface area contributed by atoms with E-state index in [1.807, 2.05) is 0 Å². The predicted octanol–water partition coefficient (Wildman–Crippen LogP) is 3.00. The molecule has 20 heavy (non-hydrogen) atoms. The van der Waals surface area contributed by atoms with Gasteiger partial charge in [0, 0.05) is 38.1 Å². The van der Waals surface area contributed by atoms with Gasteiger partial charge in [0.05, 0.1) is 12.7 Å². The monoisotopic (exact) mass is 282 g/mol. The second-order valence-corrected chi connectivity index (χ2v) is 7.00. The lowest BCUT2D eigenvalue weighted by Crippen LogP contribution is -2.52. The van der Waals surface area contributed by atoms with E-state index in [2.05, 4.69) is 30.6 Å². The fourth-order valence-electron chi connectivity index (χ4n) is 3.29. The van der Waals surface area contributed by atoms with Crippen LogP contribution in [0, 0.1) is 5.92 Å². The summed E-state index contributed by atoms with van der Waals surface area (Å²) in [6.45, 7) is 14.1. The van der Waals surface area contributed by atoms with E-state index in [0.717, 1.165) is 12.5 Å². The summed E-state index contributed by atoms with van der Waals surface area (Å²) in [5.41, 5.74) is 0. The molecule has 2 aliphatic heterocycles. The maximum Gasteiger partial charge on any atom is 0.0599 e. The average molecular weight is 282 g/mol. The van der Waals surface area contributed by atoms with Gasteiger partial charge in [0.2, 0.25) is 0 Å². The first-order chi connectivity index (χ1) is 9.69. The van der Waals surface area contributed by atoms with Crippen LogP contribution < -0.4 is 0 Å². The summed E-state index contributed by atoms with van der Waals surface area (Å²) in [5.74, 6) is 0.792. The number of piperidine rings is 1. The van der Waals surface area contributed by atoms with Crippen LogP contribution in [-0.2, 0) is 4.74 Å². The summed E-state index contributed by atoms with van der Waals surface area (Å²) < 4.78 is 6.14. The minimum atomic E-state index is 0.533. The molecule has 3 heteroatoms. The van der Waals surface area contributed by atoms with Gasteiger partial charge in [-0.05, 0) is 39.7 Å². The molecule has 0 N–H and O–H groups in total. The summed E-state index contributed by atoms with van der Waals surface area (Å²) in [7, 11) is 0. The van der Waals surface area contributed by atoms with Crippen LogP contribution in [0.3, 0.4) is 0 Å². The van der Waals surface area contributed by atoms with E-state index in [1.165, 1.54) is 64.8 Å². The molecule has 3 nitrogen and oxygen atoms in total. The minimum absolute atomic E-state index is 0.533. The quantitative estimate of drug-likeness (QED) is 0.637. The molecule has 0 radical (unpaired) electrons. The molecule has 118 valence electrons. The van der Waals surface area contributed by atoms with Gasteiger partial charge in [-0.15, -0.1) is 0 Å². The van der Waals surface area contributed by atoms with Crippen molar-refractivity contribution in [1.82, 2.24) is 9.80 Å². The van der Waals surface area contributed by atoms with Crippen molar-refractivity contribution in [1.29, 1.82) is 0 Å². The highest BCUT2D eigenvalue weighted by molar-refractivity contribution is 4.82. The summed E-state index contributed by atoms with van der Waals surface area (Å²) in [6, 6.07) is 0.706. The molecule has 0 amide bonds. The Bertz CT molecular complexity index is 256. The van der Waals surface area contributed by atoms with Crippen LogP contribution in [0.25, 0.3) is 0 Å². The third-order valence-electron chi connectivity index (χ3n) is 4.90. The largest absolute Gasteiger partial charge is 0.378 e. The Kier molecular flexibility index (Phi) is 6.79. The third-order valence-corrected chi connectivity index (χ3v) is 4.90. The molecule has 2 saturated heterocycles. The van der Waals surface area contributed by atoms with Crippen molar-refractivity contribution >= 4 is 0 Å². The predicted molar refractivity (Wildman–Crippen MR) is 85.1 cm³/mol. The van der Waals surface area contributed by atoms with E-state index in [0.29, 0.717) is 12.1 Å². The summed E-state index contributed by atoms with van der Waals surface area (Å²) in [5, 5.41) is 0. The zero-order valence-corrected chi connectivity index (χ0v) is 13.8. The normalized spacial score (nSPS) is 23.4. The fraction of sp³-hybridized carbons (Fsp3) is 1.00. The Morgan fingerprint density at radius 1 is 1.10 bits per heavy atom. The van der Waals surface area contributed by atoms with Crippen LogP contribution in [0.2, 0.25) is 0 Å². The van der Waals surface area contributed by atoms with E-state index in [1.54, 1.807) is 0 Å². The SMILES string of the molecule is CCCCCN1CCC(OCC2CN(C(C)C)C2)CC1. The number of likely N-dealkylation sites (tertiary alicyclic amines) is 2. The Balaban J connectivity index is 1.50. The van der Waals surface area contributed by atoms with Crippen molar-refractivity contribution in [3.05, 3.63) is 0 Å². The van der Waals surface area contributed by atoms with Gasteiger partial charge in [-0.2, -0.15) is 0 Å². The van der Waals surface area contributed by atoms with Gasteiger partial charge in [-0.3, -0.25) is 0 Å². The van der Waals surface area contributed by atoms with Gasteiger partial charge < -0.3 is 14.5 Å². The van der Waals surface area contributed by atoms with Crippen molar-refractivity contribution in [2.24, 2.45) is 5.92 Å². The van der Waals surface area contributed by atoms with Gasteiger partial charge in [-0.25, -0.2) is 0 Å². The van der Waals surface area contributed by atoms with Crippen LogP contribution in [0.15, 0.2) is 0 Å². The maximum atomic E-state index is 6.14. The second kappa shape index (κ2) is 8.35. The topological polar surface area (TPSA) is 15.7 Å². The lowest BCUT2D eigenvalue weighted by Gasteiger charge is -2.42. The van der Waals surface area contributed by atoms with Gasteiger partial charge in [0.1, 0.15) is 0 Å². The molecule has 0 unspecified atom stereocenters. The Hall–Kier alpha value is -0.120. The molecule has 0 bridgehead atoms. The molecule has 0 atom stereocenters. The number of nitrogens with zero attached hydrogens (tertiary/aromatic N) is 2. The first-order valence-electron chi connectivity index (χ1n) is 8.77. The van der Waals surface area contributed by atoms with Crippen molar-refractivity contribution in [2.45, 2.75) is 65.0 Å². The fourth-order valence-corrected chi connectivity index (χ4v) is 3.29. The van der Waals surface area contributed by atoms with Gasteiger partial charge >= 0.3 is 0 Å². The maximum absolute atomic E-state index is 6.14. The highest BCUT2D eigenvalue weighted by atomic mass is 16.5. The van der Waals surface area contributed by atoms with Crippen molar-refractivity contribution in [2.75, 3.05) is 39.3 Å². The van der Waals surface area contributed by atoms with Crippen LogP contribution >= 0.6 is 0 Å². The molecule has 2 rings (SSSR count). The molecule has 0 aromatic rings. The van der Waals surface area contributed by atoms with Gasteiger partial charge in [-0.1, -0.05) is 19.8 Å². The minimum Gasteiger partial charge on any atom is -0.378 e. The van der Waals surface area contributed by atoms with Crippen LogP contribution in [0.5, 0.6) is 0 Å². The first kappa shape index (κ1) is 16.3. The molecule has 0 spiro atoms. The van der Waals surface area contributed by atoms with Crippen molar-refractivity contribution < 1.29 is 4.74 Å². The molecule has 0 aliphatic carbocycles. The Morgan fingerprint density at radius 3 is 2.40 bits per heavy atom. The number of rotatable bonds is 8. The Morgan fingerprint density at radius 2 is 1.80 bits per heavy atom. The van der Waals surface area contributed by atoms with Gasteiger partial charge in [0.15, 0.2) is 0 Å². The first-order valence-corrected chi connectivity index (χ1v) is 8.77. The van der Waals surface area contributed by atoms with Crippen LogP contribution in [-0.4, -0.2) is 61.3 Å².